The first-order valence-corrected chi connectivity index (χ1v) is 4.95. The topological polar surface area (TPSA) is 67.5 Å². The van der Waals surface area contributed by atoms with Gasteiger partial charge in [-0.1, -0.05) is 6.92 Å². The lowest BCUT2D eigenvalue weighted by molar-refractivity contribution is -0.122. The van der Waals surface area contributed by atoms with Crippen LogP contribution in [-0.4, -0.2) is 23.8 Å². The summed E-state index contributed by atoms with van der Waals surface area (Å²) in [4.78, 5) is 15.4. The van der Waals surface area contributed by atoms with Gasteiger partial charge >= 0.3 is 0 Å². The van der Waals surface area contributed by atoms with Crippen LogP contribution in [0.1, 0.15) is 40.5 Å². The molecule has 82 valence electrons. The summed E-state index contributed by atoms with van der Waals surface area (Å²) < 4.78 is 0. The van der Waals surface area contributed by atoms with Crippen molar-refractivity contribution in [1.29, 1.82) is 0 Å². The molecular formula is C10H21N3O. The molecule has 1 amide bonds. The highest BCUT2D eigenvalue weighted by molar-refractivity contribution is 5.81. The van der Waals surface area contributed by atoms with Crippen LogP contribution in [0.15, 0.2) is 4.99 Å². The molecule has 0 aliphatic rings. The van der Waals surface area contributed by atoms with Gasteiger partial charge in [0.2, 0.25) is 5.91 Å². The summed E-state index contributed by atoms with van der Waals surface area (Å²) >= 11 is 0. The Bertz CT molecular complexity index is 216. The molecule has 0 saturated carbocycles. The molecule has 4 nitrogen and oxygen atoms in total. The fourth-order valence-corrected chi connectivity index (χ4v) is 0.894. The summed E-state index contributed by atoms with van der Waals surface area (Å²) in [6, 6.07) is 0. The Morgan fingerprint density at radius 3 is 2.43 bits per heavy atom. The van der Waals surface area contributed by atoms with E-state index in [1.54, 1.807) is 0 Å². The molecule has 0 rings (SSSR count). The van der Waals surface area contributed by atoms with E-state index in [1.165, 1.54) is 0 Å². The summed E-state index contributed by atoms with van der Waals surface area (Å²) in [6.45, 7) is 8.27. The van der Waals surface area contributed by atoms with Gasteiger partial charge in [0.05, 0.1) is 5.84 Å². The maximum absolute atomic E-state index is 11.3. The molecule has 0 fully saturated rings. The first-order valence-electron chi connectivity index (χ1n) is 4.95. The Hall–Kier alpha value is -1.06. The summed E-state index contributed by atoms with van der Waals surface area (Å²) in [5, 5.41) is 2.86. The second kappa shape index (κ2) is 5.62. The van der Waals surface area contributed by atoms with Gasteiger partial charge in [-0.3, -0.25) is 9.79 Å². The molecule has 0 unspecified atom stereocenters. The third-order valence-corrected chi connectivity index (χ3v) is 1.53. The van der Waals surface area contributed by atoms with Crippen LogP contribution in [-0.2, 0) is 4.79 Å². The highest BCUT2D eigenvalue weighted by Gasteiger charge is 2.12. The van der Waals surface area contributed by atoms with Crippen LogP contribution in [0.5, 0.6) is 0 Å². The van der Waals surface area contributed by atoms with Gasteiger partial charge in [0, 0.05) is 24.9 Å². The van der Waals surface area contributed by atoms with E-state index in [0.29, 0.717) is 18.8 Å². The van der Waals surface area contributed by atoms with Crippen molar-refractivity contribution in [3.05, 3.63) is 0 Å². The van der Waals surface area contributed by atoms with E-state index in [0.717, 1.165) is 6.42 Å². The van der Waals surface area contributed by atoms with Crippen molar-refractivity contribution in [3.63, 3.8) is 0 Å². The van der Waals surface area contributed by atoms with Crippen molar-refractivity contribution in [2.45, 2.75) is 46.1 Å². The summed E-state index contributed by atoms with van der Waals surface area (Å²) in [7, 11) is 0. The number of nitrogens with two attached hydrogens (primary N) is 1. The maximum Gasteiger partial charge on any atom is 0.222 e. The Balaban J connectivity index is 3.76. The average Bonchev–Trinajstić information content (AvgIpc) is 2.00. The van der Waals surface area contributed by atoms with Gasteiger partial charge in [0.1, 0.15) is 0 Å². The molecule has 14 heavy (non-hydrogen) atoms. The molecule has 0 atom stereocenters. The van der Waals surface area contributed by atoms with Crippen LogP contribution in [0, 0.1) is 0 Å². The summed E-state index contributed by atoms with van der Waals surface area (Å²) in [5.41, 5.74) is 5.34. The monoisotopic (exact) mass is 199 g/mol. The first-order chi connectivity index (χ1) is 6.35. The lowest BCUT2D eigenvalue weighted by Crippen LogP contribution is -2.40. The Morgan fingerprint density at radius 2 is 2.00 bits per heavy atom. The lowest BCUT2D eigenvalue weighted by atomic mass is 10.1. The van der Waals surface area contributed by atoms with Crippen LogP contribution in [0.2, 0.25) is 0 Å². The van der Waals surface area contributed by atoms with E-state index in [-0.39, 0.29) is 11.4 Å². The van der Waals surface area contributed by atoms with Gasteiger partial charge in [-0.25, -0.2) is 0 Å². The number of carbonyl (C=O) groups excluding carboxylic acids is 1. The first kappa shape index (κ1) is 12.9. The fourth-order valence-electron chi connectivity index (χ4n) is 0.894. The predicted molar refractivity (Wildman–Crippen MR) is 59.3 cm³/mol. The SMILES string of the molecule is CCC(N)=NCCC(=O)NC(C)(C)C. The van der Waals surface area contributed by atoms with E-state index in [1.807, 2.05) is 27.7 Å². The van der Waals surface area contributed by atoms with Crippen LogP contribution in [0.4, 0.5) is 0 Å². The Morgan fingerprint density at radius 1 is 1.43 bits per heavy atom. The second-order valence-corrected chi connectivity index (χ2v) is 4.27. The largest absolute Gasteiger partial charge is 0.387 e. The minimum atomic E-state index is -0.170. The van der Waals surface area contributed by atoms with Gasteiger partial charge in [-0.05, 0) is 20.8 Å². The third kappa shape index (κ3) is 7.58. The molecular weight excluding hydrogens is 178 g/mol. The molecule has 0 aliphatic carbocycles. The van der Waals surface area contributed by atoms with Gasteiger partial charge < -0.3 is 11.1 Å². The normalized spacial score (nSPS) is 12.7. The summed E-state index contributed by atoms with van der Waals surface area (Å²) in [5.74, 6) is 0.624. The van der Waals surface area contributed by atoms with Gasteiger partial charge in [-0.15, -0.1) is 0 Å². The highest BCUT2D eigenvalue weighted by Crippen LogP contribution is 1.99. The zero-order valence-electron chi connectivity index (χ0n) is 9.55. The molecule has 0 aromatic heterocycles. The van der Waals surface area contributed by atoms with Gasteiger partial charge in [0.15, 0.2) is 0 Å². The van der Waals surface area contributed by atoms with Crippen molar-refractivity contribution < 1.29 is 4.79 Å². The number of aliphatic imine (C=N–C) groups is 1. The minimum Gasteiger partial charge on any atom is -0.387 e. The number of amidine groups is 1. The fraction of sp³-hybridized carbons (Fsp3) is 0.800. The molecule has 0 aromatic rings. The molecule has 0 bridgehead atoms. The van der Waals surface area contributed by atoms with Gasteiger partial charge in [-0.2, -0.15) is 0 Å². The Kier molecular flexibility index (Phi) is 5.20. The van der Waals surface area contributed by atoms with Crippen molar-refractivity contribution in [2.24, 2.45) is 10.7 Å². The zero-order chi connectivity index (χ0) is 11.2. The third-order valence-electron chi connectivity index (χ3n) is 1.53. The van der Waals surface area contributed by atoms with E-state index in [4.69, 9.17) is 5.73 Å². The van der Waals surface area contributed by atoms with Gasteiger partial charge in [0.25, 0.3) is 0 Å². The molecule has 0 spiro atoms. The predicted octanol–water partition coefficient (Wildman–Crippen LogP) is 1.06. The van der Waals surface area contributed by atoms with Crippen molar-refractivity contribution >= 4 is 11.7 Å². The highest BCUT2D eigenvalue weighted by atomic mass is 16.1. The zero-order valence-corrected chi connectivity index (χ0v) is 9.55. The number of hydrogen-bond donors (Lipinski definition) is 2. The van der Waals surface area contributed by atoms with Crippen molar-refractivity contribution in [1.82, 2.24) is 5.32 Å². The Labute approximate surface area is 86.0 Å². The molecule has 4 heteroatoms. The molecule has 3 N–H and O–H groups in total. The minimum absolute atomic E-state index is 0.0187. The van der Waals surface area contributed by atoms with Crippen LogP contribution < -0.4 is 11.1 Å². The maximum atomic E-state index is 11.3. The van der Waals surface area contributed by atoms with E-state index in [2.05, 4.69) is 10.3 Å². The number of nitrogens with one attached hydrogen (secondary N) is 1. The van der Waals surface area contributed by atoms with Crippen LogP contribution >= 0.6 is 0 Å². The van der Waals surface area contributed by atoms with Crippen molar-refractivity contribution in [2.75, 3.05) is 6.54 Å². The van der Waals surface area contributed by atoms with E-state index >= 15 is 0 Å². The van der Waals surface area contributed by atoms with Crippen LogP contribution in [0.25, 0.3) is 0 Å². The van der Waals surface area contributed by atoms with Crippen LogP contribution in [0.3, 0.4) is 0 Å². The average molecular weight is 199 g/mol. The lowest BCUT2D eigenvalue weighted by Gasteiger charge is -2.20. The van der Waals surface area contributed by atoms with E-state index in [9.17, 15) is 4.79 Å². The smallest absolute Gasteiger partial charge is 0.222 e. The van der Waals surface area contributed by atoms with Crippen molar-refractivity contribution in [3.8, 4) is 0 Å². The number of hydrogen-bond acceptors (Lipinski definition) is 2. The standard InChI is InChI=1S/C10H21N3O/c1-5-8(11)12-7-6-9(14)13-10(2,3)4/h5-7H2,1-4H3,(H2,11,12)(H,13,14). The number of nitrogens with zero attached hydrogens (tertiary/aromatic N) is 1. The molecule has 0 aliphatic heterocycles. The molecule has 0 heterocycles. The molecule has 0 radical (unpaired) electrons. The molecule has 0 aromatic carbocycles. The number of amides is 1. The quantitative estimate of drug-likeness (QED) is 0.525. The van der Waals surface area contributed by atoms with E-state index < -0.39 is 0 Å². The second-order valence-electron chi connectivity index (χ2n) is 4.27. The summed E-state index contributed by atoms with van der Waals surface area (Å²) in [6.07, 6.45) is 1.14. The molecule has 0 saturated heterocycles. The number of carbonyl (C=O) groups is 1. The number of rotatable bonds is 4.